The normalized spacial score (nSPS) is 22.2. The summed E-state index contributed by atoms with van der Waals surface area (Å²) < 4.78 is 1.85. The minimum absolute atomic E-state index is 0.0653. The van der Waals surface area contributed by atoms with E-state index < -0.39 is 0 Å². The Balaban J connectivity index is 1.44. The molecule has 0 bridgehead atoms. The van der Waals surface area contributed by atoms with Gasteiger partial charge in [0.1, 0.15) is 5.69 Å². The van der Waals surface area contributed by atoms with Gasteiger partial charge in [-0.2, -0.15) is 0 Å². The van der Waals surface area contributed by atoms with Crippen LogP contribution in [0.25, 0.3) is 0 Å². The van der Waals surface area contributed by atoms with Crippen LogP contribution in [0.3, 0.4) is 0 Å². The van der Waals surface area contributed by atoms with Crippen LogP contribution in [0.1, 0.15) is 41.2 Å². The van der Waals surface area contributed by atoms with Crippen molar-refractivity contribution in [1.82, 2.24) is 19.8 Å². The Morgan fingerprint density at radius 1 is 1.28 bits per heavy atom. The summed E-state index contributed by atoms with van der Waals surface area (Å²) in [5.74, 6) is 0.00881. The van der Waals surface area contributed by atoms with E-state index >= 15 is 0 Å². The SMILES string of the molecule is Cn1cccc1C(=O)N1CCC2(CC1)C[C@@H](c1cccnc1)C(=O)N2. The van der Waals surface area contributed by atoms with Crippen molar-refractivity contribution in [2.45, 2.75) is 30.7 Å². The summed E-state index contributed by atoms with van der Waals surface area (Å²) in [7, 11) is 1.88. The maximum atomic E-state index is 12.6. The van der Waals surface area contributed by atoms with Crippen LogP contribution in [0, 0.1) is 0 Å². The van der Waals surface area contributed by atoms with Gasteiger partial charge in [-0.15, -0.1) is 0 Å². The Bertz CT molecular complexity index is 791. The average molecular weight is 338 g/mol. The van der Waals surface area contributed by atoms with E-state index in [0.717, 1.165) is 24.8 Å². The van der Waals surface area contributed by atoms with E-state index in [-0.39, 0.29) is 23.3 Å². The Morgan fingerprint density at radius 2 is 2.08 bits per heavy atom. The predicted octanol–water partition coefficient (Wildman–Crippen LogP) is 1.70. The largest absolute Gasteiger partial charge is 0.350 e. The number of pyridine rings is 1. The van der Waals surface area contributed by atoms with Crippen LogP contribution in [0.15, 0.2) is 42.9 Å². The lowest BCUT2D eigenvalue weighted by Gasteiger charge is -2.39. The van der Waals surface area contributed by atoms with Crippen molar-refractivity contribution in [1.29, 1.82) is 0 Å². The minimum Gasteiger partial charge on any atom is -0.350 e. The number of carbonyl (C=O) groups excluding carboxylic acids is 2. The summed E-state index contributed by atoms with van der Waals surface area (Å²) in [5, 5.41) is 3.21. The van der Waals surface area contributed by atoms with Gasteiger partial charge in [-0.25, -0.2) is 0 Å². The number of hydrogen-bond acceptors (Lipinski definition) is 3. The summed E-state index contributed by atoms with van der Waals surface area (Å²) in [4.78, 5) is 31.1. The number of hydrogen-bond donors (Lipinski definition) is 1. The third-order valence-electron chi connectivity index (χ3n) is 5.56. The van der Waals surface area contributed by atoms with Crippen molar-refractivity contribution in [2.24, 2.45) is 7.05 Å². The molecule has 1 N–H and O–H groups in total. The summed E-state index contributed by atoms with van der Waals surface area (Å²) in [6.45, 7) is 1.34. The number of aromatic nitrogens is 2. The van der Waals surface area contributed by atoms with Gasteiger partial charge in [-0.3, -0.25) is 14.6 Å². The van der Waals surface area contributed by atoms with Crippen LogP contribution >= 0.6 is 0 Å². The van der Waals surface area contributed by atoms with Gasteiger partial charge in [0.2, 0.25) is 5.91 Å². The molecule has 1 atom stereocenters. The van der Waals surface area contributed by atoms with Crippen molar-refractivity contribution < 1.29 is 9.59 Å². The molecular weight excluding hydrogens is 316 g/mol. The molecule has 2 aromatic rings. The van der Waals surface area contributed by atoms with Gasteiger partial charge in [-0.05, 0) is 43.0 Å². The molecule has 4 rings (SSSR count). The molecule has 4 heterocycles. The Morgan fingerprint density at radius 3 is 2.72 bits per heavy atom. The minimum atomic E-state index is -0.192. The molecule has 25 heavy (non-hydrogen) atoms. The van der Waals surface area contributed by atoms with Gasteiger partial charge in [0, 0.05) is 44.3 Å². The molecular formula is C19H22N4O2. The second kappa shape index (κ2) is 6.02. The lowest BCUT2D eigenvalue weighted by atomic mass is 9.82. The van der Waals surface area contributed by atoms with Crippen molar-refractivity contribution in [3.8, 4) is 0 Å². The van der Waals surface area contributed by atoms with Crippen molar-refractivity contribution in [3.05, 3.63) is 54.1 Å². The molecule has 0 saturated carbocycles. The number of carbonyl (C=O) groups is 2. The smallest absolute Gasteiger partial charge is 0.270 e. The highest BCUT2D eigenvalue weighted by Crippen LogP contribution is 2.39. The van der Waals surface area contributed by atoms with Gasteiger partial charge in [0.15, 0.2) is 0 Å². The fourth-order valence-electron chi connectivity index (χ4n) is 4.05. The third-order valence-corrected chi connectivity index (χ3v) is 5.56. The highest BCUT2D eigenvalue weighted by Gasteiger charge is 2.46. The summed E-state index contributed by atoms with van der Waals surface area (Å²) >= 11 is 0. The maximum Gasteiger partial charge on any atom is 0.270 e. The molecule has 130 valence electrons. The monoisotopic (exact) mass is 338 g/mol. The summed E-state index contributed by atoms with van der Waals surface area (Å²) in [6.07, 6.45) is 7.76. The molecule has 2 aliphatic rings. The van der Waals surface area contributed by atoms with Crippen LogP contribution in [0.5, 0.6) is 0 Å². The summed E-state index contributed by atoms with van der Waals surface area (Å²) in [5.41, 5.74) is 1.49. The van der Waals surface area contributed by atoms with Gasteiger partial charge in [-0.1, -0.05) is 6.07 Å². The zero-order valence-electron chi connectivity index (χ0n) is 14.3. The molecule has 0 aromatic carbocycles. The van der Waals surface area contributed by atoms with Crippen molar-refractivity contribution >= 4 is 11.8 Å². The second-order valence-electron chi connectivity index (χ2n) is 7.11. The first-order valence-electron chi connectivity index (χ1n) is 8.71. The zero-order valence-corrected chi connectivity index (χ0v) is 14.3. The molecule has 0 radical (unpaired) electrons. The van der Waals surface area contributed by atoms with Crippen molar-refractivity contribution in [2.75, 3.05) is 13.1 Å². The van der Waals surface area contributed by atoms with E-state index in [0.29, 0.717) is 18.8 Å². The van der Waals surface area contributed by atoms with Crippen LogP contribution in [0.2, 0.25) is 0 Å². The Labute approximate surface area is 146 Å². The average Bonchev–Trinajstić information content (AvgIpc) is 3.19. The number of rotatable bonds is 2. The highest BCUT2D eigenvalue weighted by molar-refractivity contribution is 5.93. The number of aryl methyl sites for hydroxylation is 1. The third kappa shape index (κ3) is 2.81. The van der Waals surface area contributed by atoms with E-state index in [2.05, 4.69) is 10.3 Å². The van der Waals surface area contributed by atoms with Crippen LogP contribution < -0.4 is 5.32 Å². The number of nitrogens with one attached hydrogen (secondary N) is 1. The van der Waals surface area contributed by atoms with Gasteiger partial charge in [0.05, 0.1) is 5.92 Å². The molecule has 2 saturated heterocycles. The first kappa shape index (κ1) is 15.9. The zero-order chi connectivity index (χ0) is 17.4. The molecule has 1 spiro atoms. The first-order chi connectivity index (χ1) is 12.1. The Kier molecular flexibility index (Phi) is 3.82. The predicted molar refractivity (Wildman–Crippen MR) is 93.0 cm³/mol. The van der Waals surface area contributed by atoms with Gasteiger partial charge < -0.3 is 14.8 Å². The van der Waals surface area contributed by atoms with Crippen LogP contribution in [-0.2, 0) is 11.8 Å². The fourth-order valence-corrected chi connectivity index (χ4v) is 4.05. The second-order valence-corrected chi connectivity index (χ2v) is 7.11. The molecule has 2 fully saturated rings. The van der Waals surface area contributed by atoms with E-state index in [1.54, 1.807) is 12.4 Å². The molecule has 0 unspecified atom stereocenters. The molecule has 2 amide bonds. The molecule has 0 aliphatic carbocycles. The highest BCUT2D eigenvalue weighted by atomic mass is 16.2. The number of nitrogens with zero attached hydrogens (tertiary/aromatic N) is 3. The molecule has 6 heteroatoms. The first-order valence-corrected chi connectivity index (χ1v) is 8.71. The molecule has 2 aromatic heterocycles. The maximum absolute atomic E-state index is 12.6. The van der Waals surface area contributed by atoms with E-state index in [1.807, 2.05) is 47.0 Å². The van der Waals surface area contributed by atoms with Gasteiger partial charge in [0.25, 0.3) is 5.91 Å². The number of piperidine rings is 1. The lowest BCUT2D eigenvalue weighted by Crippen LogP contribution is -2.52. The fraction of sp³-hybridized carbons (Fsp3) is 0.421. The van der Waals surface area contributed by atoms with E-state index in [9.17, 15) is 9.59 Å². The quantitative estimate of drug-likeness (QED) is 0.906. The topological polar surface area (TPSA) is 67.2 Å². The van der Waals surface area contributed by atoms with E-state index in [4.69, 9.17) is 0 Å². The Hall–Kier alpha value is -2.63. The molecule has 2 aliphatic heterocycles. The number of amides is 2. The van der Waals surface area contributed by atoms with E-state index in [1.165, 1.54) is 0 Å². The standard InChI is InChI=1S/C19H22N4O2/c1-22-9-3-5-16(22)18(25)23-10-6-19(7-11-23)12-15(17(24)21-19)14-4-2-8-20-13-14/h2-5,8-9,13,15H,6-7,10-12H2,1H3,(H,21,24)/t15-/m0/s1. The van der Waals surface area contributed by atoms with Crippen molar-refractivity contribution in [3.63, 3.8) is 0 Å². The molecule has 6 nitrogen and oxygen atoms in total. The van der Waals surface area contributed by atoms with Crippen LogP contribution in [0.4, 0.5) is 0 Å². The van der Waals surface area contributed by atoms with Gasteiger partial charge >= 0.3 is 0 Å². The number of likely N-dealkylation sites (tertiary alicyclic amines) is 1. The van der Waals surface area contributed by atoms with Crippen LogP contribution in [-0.4, -0.2) is 44.9 Å². The lowest BCUT2D eigenvalue weighted by molar-refractivity contribution is -0.121. The summed E-state index contributed by atoms with van der Waals surface area (Å²) in [6, 6.07) is 7.57.